The average molecular weight is 237 g/mol. The van der Waals surface area contributed by atoms with Crippen LogP contribution in [-0.2, 0) is 0 Å². The molecule has 94 valence electrons. The summed E-state index contributed by atoms with van der Waals surface area (Å²) in [6, 6.07) is 5.05. The van der Waals surface area contributed by atoms with Gasteiger partial charge in [0, 0.05) is 11.8 Å². The van der Waals surface area contributed by atoms with E-state index in [1.165, 1.54) is 7.11 Å². The number of para-hydroxylation sites is 1. The number of hydrogen-bond donors (Lipinski definition) is 2. The SMILES string of the molecule is COc1cccc(C=N[C@@H](CO)C(C)C)c1O. The number of ether oxygens (including phenoxy) is 1. The van der Waals surface area contributed by atoms with Gasteiger partial charge in [-0.1, -0.05) is 19.9 Å². The standard InChI is InChI=1S/C13H19NO3/c1-9(2)11(8-15)14-7-10-5-4-6-12(17-3)13(10)16/h4-7,9,11,15-16H,8H2,1-3H3/t11-/m0/s1. The van der Waals surface area contributed by atoms with E-state index in [0.717, 1.165) is 0 Å². The van der Waals surface area contributed by atoms with Crippen LogP contribution in [0.2, 0.25) is 0 Å². The first-order valence-electron chi connectivity index (χ1n) is 5.60. The van der Waals surface area contributed by atoms with E-state index in [9.17, 15) is 5.11 Å². The smallest absolute Gasteiger partial charge is 0.166 e. The first-order valence-corrected chi connectivity index (χ1v) is 5.60. The molecule has 0 aliphatic carbocycles. The largest absolute Gasteiger partial charge is 0.504 e. The minimum absolute atomic E-state index is 0.00109. The van der Waals surface area contributed by atoms with Gasteiger partial charge in [0.2, 0.25) is 0 Å². The predicted octanol–water partition coefficient (Wildman–Crippen LogP) is 1.84. The summed E-state index contributed by atoms with van der Waals surface area (Å²) in [5.74, 6) is 0.738. The third-order valence-electron chi connectivity index (χ3n) is 2.61. The number of methoxy groups -OCH3 is 1. The maximum atomic E-state index is 9.83. The van der Waals surface area contributed by atoms with Crippen LogP contribution in [0.25, 0.3) is 0 Å². The van der Waals surface area contributed by atoms with Crippen LogP contribution < -0.4 is 4.74 Å². The van der Waals surface area contributed by atoms with Gasteiger partial charge in [0.25, 0.3) is 0 Å². The Kier molecular flexibility index (Phi) is 4.97. The van der Waals surface area contributed by atoms with Gasteiger partial charge in [0.15, 0.2) is 11.5 Å². The molecular weight excluding hydrogens is 218 g/mol. The number of benzene rings is 1. The Morgan fingerprint density at radius 2 is 2.12 bits per heavy atom. The summed E-state index contributed by atoms with van der Waals surface area (Å²) in [5.41, 5.74) is 0.587. The van der Waals surface area contributed by atoms with Crippen molar-refractivity contribution in [2.45, 2.75) is 19.9 Å². The maximum Gasteiger partial charge on any atom is 0.166 e. The van der Waals surface area contributed by atoms with Crippen LogP contribution in [-0.4, -0.2) is 36.2 Å². The number of rotatable bonds is 5. The van der Waals surface area contributed by atoms with E-state index in [0.29, 0.717) is 11.3 Å². The summed E-state index contributed by atoms with van der Waals surface area (Å²) in [6.45, 7) is 3.98. The van der Waals surface area contributed by atoms with Crippen molar-refractivity contribution in [1.29, 1.82) is 0 Å². The van der Waals surface area contributed by atoms with Crippen LogP contribution in [0.15, 0.2) is 23.2 Å². The Morgan fingerprint density at radius 3 is 2.65 bits per heavy atom. The van der Waals surface area contributed by atoms with E-state index in [-0.39, 0.29) is 24.3 Å². The van der Waals surface area contributed by atoms with Crippen molar-refractivity contribution in [3.8, 4) is 11.5 Å². The van der Waals surface area contributed by atoms with Crippen LogP contribution in [0.3, 0.4) is 0 Å². The summed E-state index contributed by atoms with van der Waals surface area (Å²) in [5, 5.41) is 19.0. The highest BCUT2D eigenvalue weighted by molar-refractivity contribution is 5.84. The fourth-order valence-electron chi connectivity index (χ4n) is 1.41. The Morgan fingerprint density at radius 1 is 1.41 bits per heavy atom. The van der Waals surface area contributed by atoms with Gasteiger partial charge >= 0.3 is 0 Å². The summed E-state index contributed by atoms with van der Waals surface area (Å²) in [4.78, 5) is 4.26. The third kappa shape index (κ3) is 3.46. The van der Waals surface area contributed by atoms with E-state index in [4.69, 9.17) is 9.84 Å². The zero-order valence-corrected chi connectivity index (χ0v) is 10.4. The van der Waals surface area contributed by atoms with Crippen LogP contribution in [0, 0.1) is 5.92 Å². The molecule has 0 fully saturated rings. The molecule has 4 nitrogen and oxygen atoms in total. The molecule has 0 amide bonds. The van der Waals surface area contributed by atoms with Crippen LogP contribution in [0.1, 0.15) is 19.4 Å². The highest BCUT2D eigenvalue weighted by Crippen LogP contribution is 2.28. The van der Waals surface area contributed by atoms with Gasteiger partial charge in [-0.3, -0.25) is 4.99 Å². The molecule has 0 aliphatic heterocycles. The van der Waals surface area contributed by atoms with Crippen molar-refractivity contribution in [1.82, 2.24) is 0 Å². The van der Waals surface area contributed by atoms with Crippen molar-refractivity contribution in [3.63, 3.8) is 0 Å². The van der Waals surface area contributed by atoms with Crippen molar-refractivity contribution in [2.24, 2.45) is 10.9 Å². The number of hydrogen-bond acceptors (Lipinski definition) is 4. The third-order valence-corrected chi connectivity index (χ3v) is 2.61. The van der Waals surface area contributed by atoms with Gasteiger partial charge in [-0.2, -0.15) is 0 Å². The molecule has 0 heterocycles. The normalized spacial score (nSPS) is 13.2. The molecule has 0 bridgehead atoms. The van der Waals surface area contributed by atoms with E-state index in [2.05, 4.69) is 4.99 Å². The molecular formula is C13H19NO3. The van der Waals surface area contributed by atoms with Crippen molar-refractivity contribution in [2.75, 3.05) is 13.7 Å². The number of phenolic OH excluding ortho intramolecular Hbond substituents is 1. The number of aliphatic hydroxyl groups excluding tert-OH is 1. The highest BCUT2D eigenvalue weighted by atomic mass is 16.5. The van der Waals surface area contributed by atoms with Crippen LogP contribution >= 0.6 is 0 Å². The predicted molar refractivity (Wildman–Crippen MR) is 68.0 cm³/mol. The number of aliphatic hydroxyl groups is 1. The molecule has 0 radical (unpaired) electrons. The molecule has 0 saturated heterocycles. The second-order valence-electron chi connectivity index (χ2n) is 4.17. The summed E-state index contributed by atoms with van der Waals surface area (Å²) < 4.78 is 5.01. The van der Waals surface area contributed by atoms with Crippen molar-refractivity contribution >= 4 is 6.21 Å². The minimum atomic E-state index is -0.152. The number of phenols is 1. The molecule has 0 unspecified atom stereocenters. The molecule has 17 heavy (non-hydrogen) atoms. The molecule has 2 N–H and O–H groups in total. The van der Waals surface area contributed by atoms with Crippen LogP contribution in [0.5, 0.6) is 11.5 Å². The minimum Gasteiger partial charge on any atom is -0.504 e. The van der Waals surface area contributed by atoms with Gasteiger partial charge in [-0.05, 0) is 18.1 Å². The maximum absolute atomic E-state index is 9.83. The molecule has 1 aromatic carbocycles. The Labute approximate surface area is 102 Å². The molecule has 0 aromatic heterocycles. The van der Waals surface area contributed by atoms with E-state index >= 15 is 0 Å². The quantitative estimate of drug-likeness (QED) is 0.768. The second-order valence-corrected chi connectivity index (χ2v) is 4.17. The molecule has 4 heteroatoms. The first-order chi connectivity index (χ1) is 8.10. The molecule has 1 atom stereocenters. The van der Waals surface area contributed by atoms with Crippen LogP contribution in [0.4, 0.5) is 0 Å². The first kappa shape index (κ1) is 13.5. The number of nitrogens with zero attached hydrogens (tertiary/aromatic N) is 1. The monoisotopic (exact) mass is 237 g/mol. The number of aliphatic imine (C=N–C) groups is 1. The van der Waals surface area contributed by atoms with Crippen molar-refractivity contribution in [3.05, 3.63) is 23.8 Å². The average Bonchev–Trinajstić information content (AvgIpc) is 2.31. The van der Waals surface area contributed by atoms with Gasteiger partial charge in [0.1, 0.15) is 0 Å². The lowest BCUT2D eigenvalue weighted by Crippen LogP contribution is -2.17. The summed E-state index contributed by atoms with van der Waals surface area (Å²) in [7, 11) is 1.50. The zero-order chi connectivity index (χ0) is 12.8. The van der Waals surface area contributed by atoms with E-state index in [1.807, 2.05) is 13.8 Å². The second kappa shape index (κ2) is 6.25. The molecule has 0 spiro atoms. The molecule has 0 aliphatic rings. The molecule has 0 saturated carbocycles. The van der Waals surface area contributed by atoms with Gasteiger partial charge < -0.3 is 14.9 Å². The highest BCUT2D eigenvalue weighted by Gasteiger charge is 2.10. The van der Waals surface area contributed by atoms with Gasteiger partial charge in [-0.15, -0.1) is 0 Å². The zero-order valence-electron chi connectivity index (χ0n) is 10.4. The number of aromatic hydroxyl groups is 1. The Bertz CT molecular complexity index is 388. The molecule has 1 aromatic rings. The fourth-order valence-corrected chi connectivity index (χ4v) is 1.41. The summed E-state index contributed by atoms with van der Waals surface area (Å²) >= 11 is 0. The lowest BCUT2D eigenvalue weighted by molar-refractivity contribution is 0.240. The van der Waals surface area contributed by atoms with E-state index < -0.39 is 0 Å². The summed E-state index contributed by atoms with van der Waals surface area (Å²) in [6.07, 6.45) is 1.57. The topological polar surface area (TPSA) is 62.0 Å². The lowest BCUT2D eigenvalue weighted by atomic mass is 10.1. The van der Waals surface area contributed by atoms with Gasteiger partial charge in [0.05, 0.1) is 19.8 Å². The Hall–Kier alpha value is -1.55. The van der Waals surface area contributed by atoms with E-state index in [1.54, 1.807) is 24.4 Å². The van der Waals surface area contributed by atoms with Crippen molar-refractivity contribution < 1.29 is 14.9 Å². The Balaban J connectivity index is 2.91. The molecule has 1 rings (SSSR count). The van der Waals surface area contributed by atoms with Gasteiger partial charge in [-0.25, -0.2) is 0 Å². The lowest BCUT2D eigenvalue weighted by Gasteiger charge is -2.13. The fraction of sp³-hybridized carbons (Fsp3) is 0.462.